The third-order valence-corrected chi connectivity index (χ3v) is 1.66. The van der Waals surface area contributed by atoms with Crippen molar-refractivity contribution in [3.63, 3.8) is 0 Å². The number of carbonyl (C=O) groups excluding carboxylic acids is 1. The fraction of sp³-hybridized carbons (Fsp3) is 0.375. The Balaban J connectivity index is 2.63. The van der Waals surface area contributed by atoms with Gasteiger partial charge in [-0.15, -0.1) is 0 Å². The summed E-state index contributed by atoms with van der Waals surface area (Å²) in [5.41, 5.74) is 0.209. The molecule has 1 amide bonds. The lowest BCUT2D eigenvalue weighted by Crippen LogP contribution is -2.38. The van der Waals surface area contributed by atoms with Crippen LogP contribution in [0.2, 0.25) is 0 Å². The lowest BCUT2D eigenvalue weighted by atomic mass is 10.3. The van der Waals surface area contributed by atoms with Crippen LogP contribution in [0.1, 0.15) is 17.4 Å². The molecule has 1 aromatic rings. The molecule has 0 spiro atoms. The summed E-state index contributed by atoms with van der Waals surface area (Å²) in [5, 5.41) is 10.8. The van der Waals surface area contributed by atoms with E-state index < -0.39 is 17.9 Å². The number of amides is 1. The van der Waals surface area contributed by atoms with E-state index in [-0.39, 0.29) is 5.69 Å². The highest BCUT2D eigenvalue weighted by Gasteiger charge is 2.16. The molecule has 0 saturated heterocycles. The summed E-state index contributed by atoms with van der Waals surface area (Å²) < 4.78 is 1.61. The third-order valence-electron chi connectivity index (χ3n) is 1.66. The Morgan fingerprint density at radius 3 is 2.71 bits per heavy atom. The molecule has 76 valence electrons. The van der Waals surface area contributed by atoms with Gasteiger partial charge in [0, 0.05) is 13.2 Å². The Kier molecular flexibility index (Phi) is 2.85. The number of hydrogen-bond donors (Lipinski definition) is 2. The van der Waals surface area contributed by atoms with Crippen molar-refractivity contribution < 1.29 is 14.7 Å². The molecular weight excluding hydrogens is 186 g/mol. The number of carbonyl (C=O) groups is 2. The number of aromatic nitrogens is 2. The number of aliphatic carboxylic acids is 1. The molecule has 0 aromatic carbocycles. The molecule has 0 saturated carbocycles. The standard InChI is InChI=1S/C8H11N3O3/c1-5(8(13)14)10-7(12)6-3-11(2)4-9-6/h3-5H,1-2H3,(H,10,12)(H,13,14). The van der Waals surface area contributed by atoms with E-state index in [9.17, 15) is 9.59 Å². The van der Waals surface area contributed by atoms with Crippen molar-refractivity contribution >= 4 is 11.9 Å². The molecule has 1 rings (SSSR count). The molecule has 0 fully saturated rings. The zero-order valence-corrected chi connectivity index (χ0v) is 7.89. The summed E-state index contributed by atoms with van der Waals surface area (Å²) in [5.74, 6) is -1.56. The highest BCUT2D eigenvalue weighted by atomic mass is 16.4. The van der Waals surface area contributed by atoms with Gasteiger partial charge in [0.05, 0.1) is 6.33 Å². The van der Waals surface area contributed by atoms with Crippen LogP contribution in [0.15, 0.2) is 12.5 Å². The van der Waals surface area contributed by atoms with Gasteiger partial charge in [-0.25, -0.2) is 4.98 Å². The number of nitrogens with zero attached hydrogens (tertiary/aromatic N) is 2. The van der Waals surface area contributed by atoms with Gasteiger partial charge < -0.3 is 15.0 Å². The first kappa shape index (κ1) is 10.2. The summed E-state index contributed by atoms with van der Waals surface area (Å²) in [6.45, 7) is 1.39. The Morgan fingerprint density at radius 2 is 2.29 bits per heavy atom. The Labute approximate surface area is 80.6 Å². The second-order valence-corrected chi connectivity index (χ2v) is 2.96. The van der Waals surface area contributed by atoms with E-state index in [1.165, 1.54) is 19.4 Å². The number of rotatable bonds is 3. The Hall–Kier alpha value is -1.85. The van der Waals surface area contributed by atoms with Crippen LogP contribution in [0.5, 0.6) is 0 Å². The molecule has 6 nitrogen and oxygen atoms in total. The highest BCUT2D eigenvalue weighted by Crippen LogP contribution is 1.94. The minimum atomic E-state index is -1.07. The first-order valence-electron chi connectivity index (χ1n) is 4.02. The summed E-state index contributed by atoms with van der Waals surface area (Å²) >= 11 is 0. The van der Waals surface area contributed by atoms with Crippen molar-refractivity contribution in [3.05, 3.63) is 18.2 Å². The number of hydrogen-bond acceptors (Lipinski definition) is 3. The molecule has 0 radical (unpaired) electrons. The van der Waals surface area contributed by atoms with Gasteiger partial charge in [-0.2, -0.15) is 0 Å². The van der Waals surface area contributed by atoms with Crippen LogP contribution in [0.3, 0.4) is 0 Å². The molecular formula is C8H11N3O3. The van der Waals surface area contributed by atoms with Crippen molar-refractivity contribution in [2.24, 2.45) is 7.05 Å². The largest absolute Gasteiger partial charge is 0.480 e. The van der Waals surface area contributed by atoms with E-state index in [4.69, 9.17) is 5.11 Å². The molecule has 1 unspecified atom stereocenters. The quantitative estimate of drug-likeness (QED) is 0.692. The average molecular weight is 197 g/mol. The van der Waals surface area contributed by atoms with Crippen LogP contribution in [0, 0.1) is 0 Å². The summed E-state index contributed by atoms with van der Waals surface area (Å²) in [4.78, 5) is 25.5. The van der Waals surface area contributed by atoms with Gasteiger partial charge in [-0.05, 0) is 6.92 Å². The van der Waals surface area contributed by atoms with E-state index in [0.29, 0.717) is 0 Å². The minimum Gasteiger partial charge on any atom is -0.480 e. The molecule has 1 atom stereocenters. The van der Waals surface area contributed by atoms with Crippen molar-refractivity contribution in [1.29, 1.82) is 0 Å². The number of carboxylic acid groups (broad SMARTS) is 1. The lowest BCUT2D eigenvalue weighted by Gasteiger charge is -2.06. The highest BCUT2D eigenvalue weighted by molar-refractivity contribution is 5.94. The van der Waals surface area contributed by atoms with Crippen molar-refractivity contribution in [1.82, 2.24) is 14.9 Å². The fourth-order valence-electron chi connectivity index (χ4n) is 0.862. The normalized spacial score (nSPS) is 12.1. The number of imidazole rings is 1. The van der Waals surface area contributed by atoms with Gasteiger partial charge in [0.2, 0.25) is 0 Å². The van der Waals surface area contributed by atoms with E-state index >= 15 is 0 Å². The Bertz CT molecular complexity index is 358. The number of carboxylic acids is 1. The van der Waals surface area contributed by atoms with Crippen LogP contribution in [-0.4, -0.2) is 32.6 Å². The number of nitrogens with one attached hydrogen (secondary N) is 1. The molecule has 6 heteroatoms. The minimum absolute atomic E-state index is 0.209. The van der Waals surface area contributed by atoms with Crippen LogP contribution in [0.25, 0.3) is 0 Å². The van der Waals surface area contributed by atoms with Gasteiger partial charge in [0.15, 0.2) is 0 Å². The first-order valence-corrected chi connectivity index (χ1v) is 4.02. The fourth-order valence-corrected chi connectivity index (χ4v) is 0.862. The van der Waals surface area contributed by atoms with Crippen LogP contribution < -0.4 is 5.32 Å². The zero-order chi connectivity index (χ0) is 10.7. The lowest BCUT2D eigenvalue weighted by molar-refractivity contribution is -0.138. The maximum absolute atomic E-state index is 11.3. The van der Waals surface area contributed by atoms with E-state index in [1.807, 2.05) is 0 Å². The topological polar surface area (TPSA) is 84.2 Å². The van der Waals surface area contributed by atoms with Gasteiger partial charge >= 0.3 is 5.97 Å². The second kappa shape index (κ2) is 3.91. The van der Waals surface area contributed by atoms with Crippen LogP contribution in [0.4, 0.5) is 0 Å². The average Bonchev–Trinajstić information content (AvgIpc) is 2.51. The summed E-state index contributed by atoms with van der Waals surface area (Å²) in [6, 6.07) is -0.912. The van der Waals surface area contributed by atoms with E-state index in [1.54, 1.807) is 11.6 Å². The molecule has 0 bridgehead atoms. The van der Waals surface area contributed by atoms with Gasteiger partial charge in [0.1, 0.15) is 11.7 Å². The van der Waals surface area contributed by atoms with Crippen LogP contribution >= 0.6 is 0 Å². The third kappa shape index (κ3) is 2.32. The van der Waals surface area contributed by atoms with Crippen molar-refractivity contribution in [2.75, 3.05) is 0 Å². The van der Waals surface area contributed by atoms with E-state index in [0.717, 1.165) is 0 Å². The maximum atomic E-state index is 11.3. The smallest absolute Gasteiger partial charge is 0.325 e. The second-order valence-electron chi connectivity index (χ2n) is 2.96. The van der Waals surface area contributed by atoms with E-state index in [2.05, 4.69) is 10.3 Å². The van der Waals surface area contributed by atoms with Crippen LogP contribution in [-0.2, 0) is 11.8 Å². The number of aryl methyl sites for hydroxylation is 1. The summed E-state index contributed by atoms with van der Waals surface area (Å²) in [7, 11) is 1.73. The Morgan fingerprint density at radius 1 is 1.64 bits per heavy atom. The molecule has 0 aliphatic carbocycles. The van der Waals surface area contributed by atoms with Gasteiger partial charge in [0.25, 0.3) is 5.91 Å². The van der Waals surface area contributed by atoms with Crippen molar-refractivity contribution in [2.45, 2.75) is 13.0 Å². The maximum Gasteiger partial charge on any atom is 0.325 e. The molecule has 0 aliphatic rings. The first-order chi connectivity index (χ1) is 6.50. The molecule has 2 N–H and O–H groups in total. The molecule has 1 heterocycles. The molecule has 0 aliphatic heterocycles. The van der Waals surface area contributed by atoms with Crippen molar-refractivity contribution in [3.8, 4) is 0 Å². The monoisotopic (exact) mass is 197 g/mol. The SMILES string of the molecule is CC(NC(=O)c1cn(C)cn1)C(=O)O. The summed E-state index contributed by atoms with van der Waals surface area (Å²) in [6.07, 6.45) is 2.99. The molecule has 14 heavy (non-hydrogen) atoms. The predicted octanol–water partition coefficient (Wildman–Crippen LogP) is -0.377. The van der Waals surface area contributed by atoms with Gasteiger partial charge in [-0.1, -0.05) is 0 Å². The van der Waals surface area contributed by atoms with Gasteiger partial charge in [-0.3, -0.25) is 9.59 Å². The predicted molar refractivity (Wildman–Crippen MR) is 47.8 cm³/mol. The molecule has 1 aromatic heterocycles. The zero-order valence-electron chi connectivity index (χ0n) is 7.89.